The van der Waals surface area contributed by atoms with E-state index in [0.29, 0.717) is 16.2 Å². The maximum Gasteiger partial charge on any atom is 0.301 e. The predicted octanol–water partition coefficient (Wildman–Crippen LogP) is 3.48. The fraction of sp³-hybridized carbons (Fsp3) is 0.278. The van der Waals surface area contributed by atoms with Crippen LogP contribution in [0.1, 0.15) is 22.9 Å². The van der Waals surface area contributed by atoms with Crippen molar-refractivity contribution in [2.24, 2.45) is 7.05 Å². The molecule has 146 valence electrons. The molecule has 1 atom stereocenters. The normalized spacial score (nSPS) is 15.6. The molecule has 10 heteroatoms. The van der Waals surface area contributed by atoms with Gasteiger partial charge in [0, 0.05) is 36.5 Å². The average Bonchev–Trinajstić information content (AvgIpc) is 3.35. The van der Waals surface area contributed by atoms with E-state index in [0.717, 1.165) is 12.1 Å². The number of nitrogens with zero attached hydrogens (tertiary/aromatic N) is 3. The number of hydrogen-bond donors (Lipinski definition) is 1. The van der Waals surface area contributed by atoms with Crippen molar-refractivity contribution in [2.75, 3.05) is 5.32 Å². The number of carbonyl (C=O) groups is 1. The number of anilines is 1. The molecule has 1 amide bonds. The van der Waals surface area contributed by atoms with E-state index in [4.69, 9.17) is 16.6 Å². The number of nitrogens with one attached hydrogen (secondary N) is 1. The highest BCUT2D eigenvalue weighted by molar-refractivity contribution is 7.71. The summed E-state index contributed by atoms with van der Waals surface area (Å²) in [5.74, 6) is -4.06. The molecular weight excluding hydrogens is 393 g/mol. The molecule has 1 aliphatic rings. The molecular formula is C18H15F3N4O2S. The number of hydrogen-bond acceptors (Lipinski definition) is 4. The molecule has 0 aliphatic carbocycles. The molecule has 0 unspecified atom stereocenters. The van der Waals surface area contributed by atoms with Gasteiger partial charge in [-0.05, 0) is 30.8 Å². The first kappa shape index (κ1) is 18.5. The van der Waals surface area contributed by atoms with Gasteiger partial charge in [0.05, 0.1) is 12.6 Å². The average molecular weight is 408 g/mol. The van der Waals surface area contributed by atoms with E-state index in [1.165, 1.54) is 12.5 Å². The zero-order valence-corrected chi connectivity index (χ0v) is 15.5. The van der Waals surface area contributed by atoms with Gasteiger partial charge in [0.2, 0.25) is 5.91 Å². The van der Waals surface area contributed by atoms with Crippen molar-refractivity contribution in [2.45, 2.75) is 25.3 Å². The molecule has 1 aliphatic heterocycles. The topological polar surface area (TPSA) is 65.0 Å². The number of fused-ring (bicyclic) bond motifs is 1. The number of imidazole rings is 1. The van der Waals surface area contributed by atoms with Crippen molar-refractivity contribution < 1.29 is 22.4 Å². The molecule has 3 aromatic rings. The first-order valence-corrected chi connectivity index (χ1v) is 8.87. The van der Waals surface area contributed by atoms with Crippen LogP contribution in [0.5, 0.6) is 0 Å². The molecule has 0 fully saturated rings. The van der Waals surface area contributed by atoms with Crippen LogP contribution in [0.25, 0.3) is 0 Å². The van der Waals surface area contributed by atoms with Crippen molar-refractivity contribution in [3.8, 4) is 0 Å². The minimum Gasteiger partial charge on any atom is -0.432 e. The molecule has 1 aromatic carbocycles. The molecule has 3 heterocycles. The van der Waals surface area contributed by atoms with Crippen LogP contribution in [0.3, 0.4) is 0 Å². The van der Waals surface area contributed by atoms with E-state index in [2.05, 4.69) is 10.3 Å². The van der Waals surface area contributed by atoms with Crippen LogP contribution in [-0.2, 0) is 31.2 Å². The number of benzene rings is 1. The number of amides is 1. The summed E-state index contributed by atoms with van der Waals surface area (Å²) in [6.45, 7) is 0.209. The Morgan fingerprint density at radius 3 is 2.82 bits per heavy atom. The Bertz CT molecular complexity index is 1120. The van der Waals surface area contributed by atoms with Gasteiger partial charge in [0.25, 0.3) is 0 Å². The summed E-state index contributed by atoms with van der Waals surface area (Å²) in [4.78, 5) is 16.1. The zero-order valence-electron chi connectivity index (χ0n) is 14.7. The maximum absolute atomic E-state index is 14.2. The van der Waals surface area contributed by atoms with E-state index in [1.54, 1.807) is 16.2 Å². The smallest absolute Gasteiger partial charge is 0.301 e. The Hall–Kier alpha value is -2.88. The SMILES string of the molecule is Cn1c(CC(=O)Nc2ncco2)c2n(c1=S)C[C@@H](c1c(F)ccc(F)c1F)C2. The van der Waals surface area contributed by atoms with Gasteiger partial charge in [-0.1, -0.05) is 0 Å². The molecule has 2 aromatic heterocycles. The lowest BCUT2D eigenvalue weighted by molar-refractivity contribution is -0.115. The van der Waals surface area contributed by atoms with E-state index in [-0.39, 0.29) is 36.9 Å². The number of oxazole rings is 1. The van der Waals surface area contributed by atoms with Gasteiger partial charge in [-0.25, -0.2) is 18.2 Å². The van der Waals surface area contributed by atoms with Crippen molar-refractivity contribution >= 4 is 24.1 Å². The molecule has 0 saturated heterocycles. The van der Waals surface area contributed by atoms with Crippen LogP contribution in [0.2, 0.25) is 0 Å². The third kappa shape index (κ3) is 3.03. The second-order valence-electron chi connectivity index (χ2n) is 6.57. The van der Waals surface area contributed by atoms with Crippen molar-refractivity contribution in [3.05, 3.63) is 63.8 Å². The van der Waals surface area contributed by atoms with Crippen LogP contribution >= 0.6 is 12.2 Å². The summed E-state index contributed by atoms with van der Waals surface area (Å²) in [5, 5.41) is 2.52. The molecule has 0 radical (unpaired) electrons. The molecule has 0 bridgehead atoms. The first-order chi connectivity index (χ1) is 13.4. The van der Waals surface area contributed by atoms with E-state index >= 15 is 0 Å². The number of rotatable bonds is 4. The van der Waals surface area contributed by atoms with E-state index in [1.807, 2.05) is 0 Å². The zero-order chi connectivity index (χ0) is 20.0. The lowest BCUT2D eigenvalue weighted by atomic mass is 9.95. The third-order valence-electron chi connectivity index (χ3n) is 4.92. The monoisotopic (exact) mass is 408 g/mol. The van der Waals surface area contributed by atoms with Gasteiger partial charge in [-0.15, -0.1) is 0 Å². The van der Waals surface area contributed by atoms with Crippen molar-refractivity contribution in [1.29, 1.82) is 0 Å². The van der Waals surface area contributed by atoms with Crippen molar-refractivity contribution in [1.82, 2.24) is 14.1 Å². The van der Waals surface area contributed by atoms with Gasteiger partial charge in [0.1, 0.15) is 12.1 Å². The molecule has 28 heavy (non-hydrogen) atoms. The van der Waals surface area contributed by atoms with Crippen molar-refractivity contribution in [3.63, 3.8) is 0 Å². The minimum atomic E-state index is -1.19. The first-order valence-electron chi connectivity index (χ1n) is 8.46. The Balaban J connectivity index is 1.63. The van der Waals surface area contributed by atoms with Gasteiger partial charge in [-0.2, -0.15) is 0 Å². The molecule has 4 rings (SSSR count). The molecule has 6 nitrogen and oxygen atoms in total. The van der Waals surface area contributed by atoms with E-state index < -0.39 is 23.4 Å². The quantitative estimate of drug-likeness (QED) is 0.530. The Labute approximate surface area is 162 Å². The largest absolute Gasteiger partial charge is 0.432 e. The Kier molecular flexibility index (Phi) is 4.58. The summed E-state index contributed by atoms with van der Waals surface area (Å²) < 4.78 is 50.8. The van der Waals surface area contributed by atoms with Gasteiger partial charge >= 0.3 is 6.01 Å². The van der Waals surface area contributed by atoms with Crippen LogP contribution in [0, 0.1) is 22.2 Å². The lowest BCUT2D eigenvalue weighted by Gasteiger charge is -2.13. The van der Waals surface area contributed by atoms with Crippen LogP contribution < -0.4 is 5.32 Å². The Morgan fingerprint density at radius 2 is 2.11 bits per heavy atom. The second-order valence-corrected chi connectivity index (χ2v) is 6.93. The maximum atomic E-state index is 14.2. The number of carbonyl (C=O) groups excluding carboxylic acids is 1. The summed E-state index contributed by atoms with van der Waals surface area (Å²) in [5.41, 5.74) is 1.02. The highest BCUT2D eigenvalue weighted by atomic mass is 32.1. The highest BCUT2D eigenvalue weighted by Crippen LogP contribution is 2.36. The molecule has 0 spiro atoms. The fourth-order valence-corrected chi connectivity index (χ4v) is 3.92. The predicted molar refractivity (Wildman–Crippen MR) is 95.8 cm³/mol. The van der Waals surface area contributed by atoms with Gasteiger partial charge < -0.3 is 13.6 Å². The Morgan fingerprint density at radius 1 is 1.36 bits per heavy atom. The van der Waals surface area contributed by atoms with Gasteiger partial charge in [0.15, 0.2) is 16.4 Å². The fourth-order valence-electron chi connectivity index (χ4n) is 3.63. The third-order valence-corrected chi connectivity index (χ3v) is 5.41. The van der Waals surface area contributed by atoms with Crippen LogP contribution in [0.15, 0.2) is 29.0 Å². The molecule has 0 saturated carbocycles. The van der Waals surface area contributed by atoms with Crippen LogP contribution in [0.4, 0.5) is 19.2 Å². The minimum absolute atomic E-state index is 0.0221. The van der Waals surface area contributed by atoms with Crippen LogP contribution in [-0.4, -0.2) is 20.0 Å². The second kappa shape index (κ2) is 6.93. The standard InChI is InChI=1S/C18H15F3N4O2S/c1-24-12(7-14(26)23-17-22-4-5-27-17)13-6-9(8-25(13)18(24)28)15-10(19)2-3-11(20)16(15)21/h2-5,9H,6-8H2,1H3,(H,22,23,26)/t9-/m0/s1. The van der Waals surface area contributed by atoms with E-state index in [9.17, 15) is 18.0 Å². The summed E-state index contributed by atoms with van der Waals surface area (Å²) in [6, 6.07) is 1.75. The summed E-state index contributed by atoms with van der Waals surface area (Å²) in [6.07, 6.45) is 2.95. The number of halogens is 3. The summed E-state index contributed by atoms with van der Waals surface area (Å²) in [7, 11) is 1.72. The lowest BCUT2D eigenvalue weighted by Crippen LogP contribution is -2.17. The molecule has 1 N–H and O–H groups in total. The highest BCUT2D eigenvalue weighted by Gasteiger charge is 2.33. The summed E-state index contributed by atoms with van der Waals surface area (Å²) >= 11 is 5.41. The van der Waals surface area contributed by atoms with Gasteiger partial charge in [-0.3, -0.25) is 10.1 Å². The number of aromatic nitrogens is 3.